The summed E-state index contributed by atoms with van der Waals surface area (Å²) in [4.78, 5) is 10.4. The van der Waals surface area contributed by atoms with E-state index < -0.39 is 5.97 Å². The predicted octanol–water partition coefficient (Wildman–Crippen LogP) is 1.91. The van der Waals surface area contributed by atoms with Crippen molar-refractivity contribution >= 4 is 5.97 Å². The van der Waals surface area contributed by atoms with E-state index in [0.717, 1.165) is 19.3 Å². The van der Waals surface area contributed by atoms with Crippen molar-refractivity contribution in [1.82, 2.24) is 0 Å². The average molecular weight is 166 g/mol. The molecule has 0 unspecified atom stereocenters. The Labute approximate surface area is 73.6 Å². The summed E-state index contributed by atoms with van der Waals surface area (Å²) in [6.45, 7) is 2.49. The van der Waals surface area contributed by atoms with Crippen molar-refractivity contribution in [2.24, 2.45) is 0 Å². The highest BCUT2D eigenvalue weighted by Gasteiger charge is 1.93. The molecule has 12 heavy (non-hydrogen) atoms. The monoisotopic (exact) mass is 166 g/mol. The minimum Gasteiger partial charge on any atom is -0.456 e. The molecule has 0 aliphatic rings. The van der Waals surface area contributed by atoms with Gasteiger partial charge in [0, 0.05) is 5.92 Å². The molecule has 0 atom stereocenters. The van der Waals surface area contributed by atoms with Crippen LogP contribution >= 0.6 is 0 Å². The van der Waals surface area contributed by atoms with Crippen LogP contribution in [0.15, 0.2) is 12.2 Å². The van der Waals surface area contributed by atoms with E-state index in [1.54, 1.807) is 0 Å². The van der Waals surface area contributed by atoms with Crippen LogP contribution < -0.4 is 0 Å². The van der Waals surface area contributed by atoms with Gasteiger partial charge in [0.25, 0.3) is 0 Å². The molecule has 66 valence electrons. The summed E-state index contributed by atoms with van der Waals surface area (Å²) in [5, 5.41) is 0. The van der Waals surface area contributed by atoms with Crippen molar-refractivity contribution in [1.29, 1.82) is 0 Å². The highest BCUT2D eigenvalue weighted by atomic mass is 16.5. The van der Waals surface area contributed by atoms with Gasteiger partial charge in [0.15, 0.2) is 0 Å². The predicted molar refractivity (Wildman–Crippen MR) is 48.5 cm³/mol. The van der Waals surface area contributed by atoms with E-state index in [9.17, 15) is 4.79 Å². The number of allylic oxidation sites excluding steroid dienone is 2. The summed E-state index contributed by atoms with van der Waals surface area (Å²) >= 11 is 0. The highest BCUT2D eigenvalue weighted by molar-refractivity contribution is 5.87. The SMILES string of the molecule is C#CC(=O)OCCC/C=C/CC. The molecule has 0 aromatic carbocycles. The van der Waals surface area contributed by atoms with Gasteiger partial charge in [-0.05, 0) is 19.3 Å². The first-order valence-corrected chi connectivity index (χ1v) is 4.09. The van der Waals surface area contributed by atoms with Gasteiger partial charge in [-0.15, -0.1) is 6.42 Å². The lowest BCUT2D eigenvalue weighted by Gasteiger charge is -1.96. The molecular formula is C10H14O2. The van der Waals surface area contributed by atoms with E-state index in [1.165, 1.54) is 0 Å². The van der Waals surface area contributed by atoms with Crippen molar-refractivity contribution < 1.29 is 9.53 Å². The van der Waals surface area contributed by atoms with Crippen molar-refractivity contribution in [3.63, 3.8) is 0 Å². The zero-order valence-electron chi connectivity index (χ0n) is 7.38. The fourth-order valence-corrected chi connectivity index (χ4v) is 0.692. The lowest BCUT2D eigenvalue weighted by molar-refractivity contribution is -0.136. The van der Waals surface area contributed by atoms with Crippen LogP contribution in [0.1, 0.15) is 26.2 Å². The molecule has 0 aromatic rings. The lowest BCUT2D eigenvalue weighted by atomic mass is 10.3. The second-order valence-corrected chi connectivity index (χ2v) is 2.30. The highest BCUT2D eigenvalue weighted by Crippen LogP contribution is 1.93. The van der Waals surface area contributed by atoms with Crippen molar-refractivity contribution in [3.05, 3.63) is 12.2 Å². The van der Waals surface area contributed by atoms with Crippen molar-refractivity contribution in [2.75, 3.05) is 6.61 Å². The Morgan fingerprint density at radius 3 is 2.92 bits per heavy atom. The number of unbranched alkanes of at least 4 members (excludes halogenated alkanes) is 1. The Kier molecular flexibility index (Phi) is 7.07. The van der Waals surface area contributed by atoms with Crippen LogP contribution in [0, 0.1) is 12.3 Å². The minimum atomic E-state index is -0.575. The van der Waals surface area contributed by atoms with E-state index in [-0.39, 0.29) is 0 Å². The summed E-state index contributed by atoms with van der Waals surface area (Å²) in [5.41, 5.74) is 0. The van der Waals surface area contributed by atoms with Gasteiger partial charge < -0.3 is 4.74 Å². The smallest absolute Gasteiger partial charge is 0.384 e. The lowest BCUT2D eigenvalue weighted by Crippen LogP contribution is -2.01. The topological polar surface area (TPSA) is 26.3 Å². The first-order valence-electron chi connectivity index (χ1n) is 4.09. The maximum absolute atomic E-state index is 10.4. The number of rotatable bonds is 5. The zero-order chi connectivity index (χ0) is 9.23. The summed E-state index contributed by atoms with van der Waals surface area (Å²) in [6.07, 6.45) is 11.8. The van der Waals surface area contributed by atoms with Crippen LogP contribution in [0.5, 0.6) is 0 Å². The van der Waals surface area contributed by atoms with Crippen LogP contribution in [-0.4, -0.2) is 12.6 Å². The third-order valence-electron chi connectivity index (χ3n) is 1.27. The van der Waals surface area contributed by atoms with Crippen molar-refractivity contribution in [2.45, 2.75) is 26.2 Å². The summed E-state index contributed by atoms with van der Waals surface area (Å²) < 4.78 is 4.66. The second kappa shape index (κ2) is 7.87. The molecule has 0 heterocycles. The van der Waals surface area contributed by atoms with Gasteiger partial charge in [-0.2, -0.15) is 0 Å². The van der Waals surface area contributed by atoms with Crippen LogP contribution in [0.2, 0.25) is 0 Å². The van der Waals surface area contributed by atoms with Gasteiger partial charge in [-0.1, -0.05) is 19.1 Å². The van der Waals surface area contributed by atoms with Gasteiger partial charge >= 0.3 is 5.97 Å². The molecule has 2 heteroatoms. The summed E-state index contributed by atoms with van der Waals surface area (Å²) in [5.74, 6) is 1.31. The summed E-state index contributed by atoms with van der Waals surface area (Å²) in [7, 11) is 0. The van der Waals surface area contributed by atoms with Crippen molar-refractivity contribution in [3.8, 4) is 12.3 Å². The largest absolute Gasteiger partial charge is 0.456 e. The van der Waals surface area contributed by atoms with E-state index in [1.807, 2.05) is 5.92 Å². The number of carbonyl (C=O) groups excluding carboxylic acids is 1. The molecule has 0 radical (unpaired) electrons. The first kappa shape index (κ1) is 10.8. The maximum atomic E-state index is 10.4. The van der Waals surface area contributed by atoms with Crippen LogP contribution in [0.4, 0.5) is 0 Å². The number of esters is 1. The molecule has 0 saturated carbocycles. The Hall–Kier alpha value is -1.23. The third-order valence-corrected chi connectivity index (χ3v) is 1.27. The molecule has 0 aliphatic carbocycles. The molecule has 0 bridgehead atoms. The van der Waals surface area contributed by atoms with E-state index in [0.29, 0.717) is 6.61 Å². The van der Waals surface area contributed by atoms with Crippen LogP contribution in [0.3, 0.4) is 0 Å². The average Bonchev–Trinajstić information content (AvgIpc) is 2.10. The fourth-order valence-electron chi connectivity index (χ4n) is 0.692. The number of ether oxygens (including phenoxy) is 1. The molecule has 0 rings (SSSR count). The Morgan fingerprint density at radius 2 is 2.33 bits per heavy atom. The molecule has 0 amide bonds. The molecule has 0 fully saturated rings. The molecule has 0 aliphatic heterocycles. The fraction of sp³-hybridized carbons (Fsp3) is 0.500. The summed E-state index contributed by atoms with van der Waals surface area (Å²) in [6, 6.07) is 0. The van der Waals surface area contributed by atoms with Crippen LogP contribution in [0.25, 0.3) is 0 Å². The molecule has 0 aromatic heterocycles. The first-order chi connectivity index (χ1) is 5.81. The van der Waals surface area contributed by atoms with E-state index in [4.69, 9.17) is 6.42 Å². The standard InChI is InChI=1S/C10H14O2/c1-3-5-6-7-8-9-12-10(11)4-2/h2,5-6H,3,7-9H2,1H3/b6-5+. The Bertz CT molecular complexity index is 187. The van der Waals surface area contributed by atoms with E-state index in [2.05, 4.69) is 23.8 Å². The number of carbonyl (C=O) groups is 1. The normalized spacial score (nSPS) is 9.67. The van der Waals surface area contributed by atoms with Gasteiger partial charge in [0.2, 0.25) is 0 Å². The number of terminal acetylenes is 1. The van der Waals surface area contributed by atoms with Gasteiger partial charge in [0.1, 0.15) is 0 Å². The molecule has 0 saturated heterocycles. The maximum Gasteiger partial charge on any atom is 0.384 e. The molecule has 0 N–H and O–H groups in total. The Balaban J connectivity index is 3.17. The minimum absolute atomic E-state index is 0.414. The van der Waals surface area contributed by atoms with Gasteiger partial charge in [-0.25, -0.2) is 4.79 Å². The van der Waals surface area contributed by atoms with Gasteiger partial charge in [0.05, 0.1) is 6.61 Å². The Morgan fingerprint density at radius 1 is 1.58 bits per heavy atom. The third kappa shape index (κ3) is 6.88. The zero-order valence-corrected chi connectivity index (χ0v) is 7.38. The van der Waals surface area contributed by atoms with Crippen LogP contribution in [-0.2, 0) is 9.53 Å². The number of hydrogen-bond acceptors (Lipinski definition) is 2. The number of hydrogen-bond donors (Lipinski definition) is 0. The second-order valence-electron chi connectivity index (χ2n) is 2.30. The van der Waals surface area contributed by atoms with Gasteiger partial charge in [-0.3, -0.25) is 0 Å². The quantitative estimate of drug-likeness (QED) is 0.205. The molecule has 2 nitrogen and oxygen atoms in total. The molecule has 0 spiro atoms. The van der Waals surface area contributed by atoms with E-state index >= 15 is 0 Å². The molecular weight excluding hydrogens is 152 g/mol.